The second-order valence-corrected chi connectivity index (χ2v) is 4.75. The van der Waals surface area contributed by atoms with E-state index in [1.54, 1.807) is 0 Å². The first-order valence-electron chi connectivity index (χ1n) is 5.30. The number of thioether (sulfide) groups is 1. The molecule has 1 rings (SSSR count). The molecule has 0 radical (unpaired) electrons. The van der Waals surface area contributed by atoms with E-state index in [0.29, 0.717) is 6.04 Å². The fourth-order valence-electron chi connectivity index (χ4n) is 1.84. The molecule has 3 nitrogen and oxygen atoms in total. The number of hydrogen-bond donors (Lipinski definition) is 2. The van der Waals surface area contributed by atoms with Gasteiger partial charge in [-0.25, -0.2) is 0 Å². The zero-order chi connectivity index (χ0) is 10.4. The Bertz CT molecular complexity index is 194. The van der Waals surface area contributed by atoms with E-state index in [0.717, 1.165) is 17.8 Å². The predicted octanol–water partition coefficient (Wildman–Crippen LogP) is 1.46. The Morgan fingerprint density at radius 1 is 1.50 bits per heavy atom. The van der Waals surface area contributed by atoms with Crippen LogP contribution in [0.25, 0.3) is 0 Å². The van der Waals surface area contributed by atoms with Crippen LogP contribution in [0.4, 0.5) is 0 Å². The molecule has 82 valence electrons. The molecule has 0 amide bonds. The first-order valence-corrected chi connectivity index (χ1v) is 6.59. The van der Waals surface area contributed by atoms with Crippen molar-refractivity contribution in [1.29, 1.82) is 0 Å². The first-order chi connectivity index (χ1) is 6.80. The van der Waals surface area contributed by atoms with Gasteiger partial charge in [0.05, 0.1) is 0 Å². The highest BCUT2D eigenvalue weighted by Crippen LogP contribution is 2.27. The van der Waals surface area contributed by atoms with Gasteiger partial charge in [0.15, 0.2) is 5.96 Å². The number of nitrogens with zero attached hydrogens (tertiary/aromatic N) is 1. The van der Waals surface area contributed by atoms with E-state index in [2.05, 4.69) is 28.8 Å². The zero-order valence-electron chi connectivity index (χ0n) is 9.34. The van der Waals surface area contributed by atoms with Crippen molar-refractivity contribution in [3.05, 3.63) is 0 Å². The molecule has 2 N–H and O–H groups in total. The minimum atomic E-state index is 0.616. The number of guanidine groups is 1. The molecule has 4 heteroatoms. The SMILES string of the molecule is CCNC(=NC)NC1CCC(SC)C1. The zero-order valence-corrected chi connectivity index (χ0v) is 10.2. The van der Waals surface area contributed by atoms with Gasteiger partial charge >= 0.3 is 0 Å². The lowest BCUT2D eigenvalue weighted by molar-refractivity contribution is 0.617. The molecule has 0 aliphatic heterocycles. The second-order valence-electron chi connectivity index (χ2n) is 3.61. The van der Waals surface area contributed by atoms with E-state index < -0.39 is 0 Å². The first kappa shape index (κ1) is 11.7. The Labute approximate surface area is 91.1 Å². The van der Waals surface area contributed by atoms with Gasteiger partial charge in [0.2, 0.25) is 0 Å². The topological polar surface area (TPSA) is 36.4 Å². The van der Waals surface area contributed by atoms with Crippen molar-refractivity contribution < 1.29 is 0 Å². The summed E-state index contributed by atoms with van der Waals surface area (Å²) in [5.74, 6) is 0.944. The van der Waals surface area contributed by atoms with E-state index in [1.807, 2.05) is 18.8 Å². The summed E-state index contributed by atoms with van der Waals surface area (Å²) in [4.78, 5) is 4.18. The lowest BCUT2D eigenvalue weighted by atomic mass is 10.2. The molecule has 0 aromatic carbocycles. The normalized spacial score (nSPS) is 27.8. The summed E-state index contributed by atoms with van der Waals surface area (Å²) in [6.45, 7) is 3.02. The standard InChI is InChI=1S/C10H21N3S/c1-4-12-10(11-2)13-8-5-6-9(7-8)14-3/h8-9H,4-7H2,1-3H3,(H2,11,12,13). The molecule has 2 unspecified atom stereocenters. The number of hydrogen-bond acceptors (Lipinski definition) is 2. The van der Waals surface area contributed by atoms with Crippen LogP contribution in [0.15, 0.2) is 4.99 Å². The minimum Gasteiger partial charge on any atom is -0.357 e. The molecular formula is C10H21N3S. The molecule has 1 aliphatic rings. The van der Waals surface area contributed by atoms with Gasteiger partial charge in [-0.3, -0.25) is 4.99 Å². The number of rotatable bonds is 3. The van der Waals surface area contributed by atoms with Gasteiger partial charge in [0, 0.05) is 24.9 Å². The fourth-order valence-corrected chi connectivity index (χ4v) is 2.64. The van der Waals surface area contributed by atoms with Crippen LogP contribution in [-0.2, 0) is 0 Å². The smallest absolute Gasteiger partial charge is 0.191 e. The summed E-state index contributed by atoms with van der Waals surface area (Å²) in [6, 6.07) is 0.616. The highest BCUT2D eigenvalue weighted by atomic mass is 32.2. The van der Waals surface area contributed by atoms with E-state index in [4.69, 9.17) is 0 Å². The van der Waals surface area contributed by atoms with Crippen LogP contribution in [0.5, 0.6) is 0 Å². The lowest BCUT2D eigenvalue weighted by Gasteiger charge is -2.16. The molecule has 0 spiro atoms. The van der Waals surface area contributed by atoms with Crippen molar-refractivity contribution in [2.75, 3.05) is 19.8 Å². The minimum absolute atomic E-state index is 0.616. The molecule has 0 aromatic heterocycles. The highest BCUT2D eigenvalue weighted by Gasteiger charge is 2.24. The van der Waals surface area contributed by atoms with Crippen LogP contribution in [-0.4, -0.2) is 37.1 Å². The van der Waals surface area contributed by atoms with E-state index >= 15 is 0 Å². The summed E-state index contributed by atoms with van der Waals surface area (Å²) < 4.78 is 0. The summed E-state index contributed by atoms with van der Waals surface area (Å²) in [5, 5.41) is 7.52. The molecule has 0 aromatic rings. The molecule has 0 heterocycles. The number of nitrogens with one attached hydrogen (secondary N) is 2. The van der Waals surface area contributed by atoms with E-state index in [1.165, 1.54) is 19.3 Å². The monoisotopic (exact) mass is 215 g/mol. The van der Waals surface area contributed by atoms with Gasteiger partial charge in [0.1, 0.15) is 0 Å². The van der Waals surface area contributed by atoms with Crippen LogP contribution < -0.4 is 10.6 Å². The van der Waals surface area contributed by atoms with Gasteiger partial charge in [-0.15, -0.1) is 0 Å². The Morgan fingerprint density at radius 3 is 2.79 bits per heavy atom. The summed E-state index contributed by atoms with van der Waals surface area (Å²) in [6.07, 6.45) is 6.08. The van der Waals surface area contributed by atoms with Crippen molar-refractivity contribution >= 4 is 17.7 Å². The Kier molecular flexibility index (Phi) is 5.15. The Balaban J connectivity index is 2.30. The lowest BCUT2D eigenvalue weighted by Crippen LogP contribution is -2.42. The van der Waals surface area contributed by atoms with Crippen molar-refractivity contribution in [1.82, 2.24) is 10.6 Å². The van der Waals surface area contributed by atoms with Gasteiger partial charge in [-0.1, -0.05) is 0 Å². The van der Waals surface area contributed by atoms with Gasteiger partial charge in [0.25, 0.3) is 0 Å². The molecule has 0 saturated heterocycles. The average molecular weight is 215 g/mol. The fraction of sp³-hybridized carbons (Fsp3) is 0.900. The maximum Gasteiger partial charge on any atom is 0.191 e. The van der Waals surface area contributed by atoms with Crippen molar-refractivity contribution in [2.24, 2.45) is 4.99 Å². The maximum absolute atomic E-state index is 4.18. The molecule has 14 heavy (non-hydrogen) atoms. The molecule has 1 fully saturated rings. The van der Waals surface area contributed by atoms with E-state index in [9.17, 15) is 0 Å². The average Bonchev–Trinajstić information content (AvgIpc) is 2.65. The summed E-state index contributed by atoms with van der Waals surface area (Å²) >= 11 is 1.98. The van der Waals surface area contributed by atoms with Crippen molar-refractivity contribution in [3.63, 3.8) is 0 Å². The van der Waals surface area contributed by atoms with Crippen LogP contribution in [0, 0.1) is 0 Å². The molecule has 0 bridgehead atoms. The van der Waals surface area contributed by atoms with Gasteiger partial charge in [-0.05, 0) is 32.4 Å². The third kappa shape index (κ3) is 3.40. The molecule has 1 aliphatic carbocycles. The van der Waals surface area contributed by atoms with E-state index in [-0.39, 0.29) is 0 Å². The van der Waals surface area contributed by atoms with Crippen molar-refractivity contribution in [2.45, 2.75) is 37.5 Å². The van der Waals surface area contributed by atoms with Crippen molar-refractivity contribution in [3.8, 4) is 0 Å². The molecule has 2 atom stereocenters. The quantitative estimate of drug-likeness (QED) is 0.553. The maximum atomic E-state index is 4.18. The van der Waals surface area contributed by atoms with Crippen LogP contribution in [0.1, 0.15) is 26.2 Å². The van der Waals surface area contributed by atoms with Crippen LogP contribution >= 0.6 is 11.8 Å². The molecular weight excluding hydrogens is 194 g/mol. The van der Waals surface area contributed by atoms with Crippen LogP contribution in [0.3, 0.4) is 0 Å². The summed E-state index contributed by atoms with van der Waals surface area (Å²) in [7, 11) is 1.83. The van der Waals surface area contributed by atoms with Crippen LogP contribution in [0.2, 0.25) is 0 Å². The largest absolute Gasteiger partial charge is 0.357 e. The van der Waals surface area contributed by atoms with Gasteiger partial charge < -0.3 is 10.6 Å². The Hall–Kier alpha value is -0.380. The third-order valence-corrected chi connectivity index (χ3v) is 3.72. The molecule has 1 saturated carbocycles. The number of aliphatic imine (C=N–C) groups is 1. The Morgan fingerprint density at radius 2 is 2.29 bits per heavy atom. The second kappa shape index (κ2) is 6.17. The predicted molar refractivity (Wildman–Crippen MR) is 65.1 cm³/mol. The highest BCUT2D eigenvalue weighted by molar-refractivity contribution is 7.99. The summed E-state index contributed by atoms with van der Waals surface area (Å²) in [5.41, 5.74) is 0. The van der Waals surface area contributed by atoms with Gasteiger partial charge in [-0.2, -0.15) is 11.8 Å². The third-order valence-electron chi connectivity index (χ3n) is 2.63.